The lowest BCUT2D eigenvalue weighted by Gasteiger charge is -2.28. The van der Waals surface area contributed by atoms with Crippen LogP contribution in [0.3, 0.4) is 0 Å². The van der Waals surface area contributed by atoms with Crippen LogP contribution >= 0.6 is 0 Å². The number of benzene rings is 1. The molecule has 0 bridgehead atoms. The molecule has 0 aliphatic carbocycles. The number of hydrogen-bond donors (Lipinski definition) is 1. The molecule has 0 fully saturated rings. The second kappa shape index (κ2) is 7.29. The Morgan fingerprint density at radius 1 is 1.40 bits per heavy atom. The highest BCUT2D eigenvalue weighted by atomic mass is 16.5. The Bertz CT molecular complexity index is 444. The number of hydrogen-bond acceptors (Lipinski definition) is 4. The molecule has 0 saturated heterocycles. The van der Waals surface area contributed by atoms with Gasteiger partial charge in [-0.05, 0) is 51.8 Å². The lowest BCUT2D eigenvalue weighted by atomic mass is 9.99. The van der Waals surface area contributed by atoms with Crippen LogP contribution in [0.4, 0.5) is 5.69 Å². The molecule has 0 amide bonds. The molecule has 0 aliphatic heterocycles. The quantitative estimate of drug-likeness (QED) is 0.779. The van der Waals surface area contributed by atoms with Crippen LogP contribution in [0.15, 0.2) is 24.3 Å². The van der Waals surface area contributed by atoms with E-state index in [0.717, 1.165) is 18.8 Å². The van der Waals surface area contributed by atoms with Crippen LogP contribution in [0.2, 0.25) is 0 Å². The van der Waals surface area contributed by atoms with E-state index in [1.165, 1.54) is 5.56 Å². The highest BCUT2D eigenvalue weighted by molar-refractivity contribution is 5.80. The van der Waals surface area contributed by atoms with Gasteiger partial charge in [0.15, 0.2) is 0 Å². The van der Waals surface area contributed by atoms with Crippen LogP contribution in [0, 0.1) is 6.92 Å². The van der Waals surface area contributed by atoms with Crippen molar-refractivity contribution in [2.75, 3.05) is 24.6 Å². The molecule has 2 N–H and O–H groups in total. The maximum Gasteiger partial charge on any atom is 0.325 e. The van der Waals surface area contributed by atoms with E-state index < -0.39 is 5.54 Å². The van der Waals surface area contributed by atoms with E-state index in [1.807, 2.05) is 6.07 Å². The molecule has 0 heterocycles. The highest BCUT2D eigenvalue weighted by Crippen LogP contribution is 2.18. The molecule has 1 unspecified atom stereocenters. The summed E-state index contributed by atoms with van der Waals surface area (Å²) in [5.74, 6) is -0.333. The van der Waals surface area contributed by atoms with Gasteiger partial charge in [0, 0.05) is 18.8 Å². The van der Waals surface area contributed by atoms with Crippen molar-refractivity contribution in [3.8, 4) is 0 Å². The van der Waals surface area contributed by atoms with E-state index in [-0.39, 0.29) is 5.97 Å². The van der Waals surface area contributed by atoms with Gasteiger partial charge in [0.2, 0.25) is 0 Å². The van der Waals surface area contributed by atoms with E-state index in [1.54, 1.807) is 13.8 Å². The predicted octanol–water partition coefficient (Wildman–Crippen LogP) is 2.49. The molecule has 1 rings (SSSR count). The van der Waals surface area contributed by atoms with Crippen molar-refractivity contribution < 1.29 is 9.53 Å². The van der Waals surface area contributed by atoms with Gasteiger partial charge in [-0.25, -0.2) is 0 Å². The zero-order valence-electron chi connectivity index (χ0n) is 13.0. The molecule has 0 saturated carbocycles. The predicted molar refractivity (Wildman–Crippen MR) is 82.9 cm³/mol. The SMILES string of the molecule is CCOC(=O)C(C)(N)CCN(CC)c1cccc(C)c1. The molecule has 4 heteroatoms. The minimum Gasteiger partial charge on any atom is -0.465 e. The maximum absolute atomic E-state index is 11.8. The summed E-state index contributed by atoms with van der Waals surface area (Å²) >= 11 is 0. The summed E-state index contributed by atoms with van der Waals surface area (Å²) in [5, 5.41) is 0. The van der Waals surface area contributed by atoms with Gasteiger partial charge < -0.3 is 15.4 Å². The Morgan fingerprint density at radius 3 is 2.65 bits per heavy atom. The summed E-state index contributed by atoms with van der Waals surface area (Å²) in [4.78, 5) is 14.0. The molecule has 20 heavy (non-hydrogen) atoms. The van der Waals surface area contributed by atoms with Crippen LogP contribution in [0.5, 0.6) is 0 Å². The summed E-state index contributed by atoms with van der Waals surface area (Å²) in [7, 11) is 0. The normalized spacial score (nSPS) is 13.7. The summed E-state index contributed by atoms with van der Waals surface area (Å²) < 4.78 is 5.01. The van der Waals surface area contributed by atoms with E-state index in [0.29, 0.717) is 13.0 Å². The zero-order chi connectivity index (χ0) is 15.2. The van der Waals surface area contributed by atoms with E-state index >= 15 is 0 Å². The summed E-state index contributed by atoms with van der Waals surface area (Å²) in [6.07, 6.45) is 0.563. The average Bonchev–Trinajstić information content (AvgIpc) is 2.39. The first kappa shape index (κ1) is 16.5. The molecule has 0 spiro atoms. The van der Waals surface area contributed by atoms with Crippen LogP contribution < -0.4 is 10.6 Å². The number of rotatable bonds is 7. The molecule has 112 valence electrons. The van der Waals surface area contributed by atoms with Crippen molar-refractivity contribution in [1.29, 1.82) is 0 Å². The van der Waals surface area contributed by atoms with Crippen molar-refractivity contribution in [2.45, 2.75) is 39.7 Å². The molecule has 0 aliphatic rings. The molecule has 1 atom stereocenters. The van der Waals surface area contributed by atoms with Gasteiger partial charge in [0.05, 0.1) is 6.61 Å². The third-order valence-electron chi connectivity index (χ3n) is 3.39. The second-order valence-electron chi connectivity index (χ2n) is 5.31. The van der Waals surface area contributed by atoms with Gasteiger partial charge in [0.1, 0.15) is 5.54 Å². The van der Waals surface area contributed by atoms with E-state index in [9.17, 15) is 4.79 Å². The average molecular weight is 278 g/mol. The maximum atomic E-state index is 11.8. The van der Waals surface area contributed by atoms with Gasteiger partial charge >= 0.3 is 5.97 Å². The van der Waals surface area contributed by atoms with Gasteiger partial charge in [-0.1, -0.05) is 12.1 Å². The second-order valence-corrected chi connectivity index (χ2v) is 5.31. The van der Waals surface area contributed by atoms with Crippen LogP contribution in [-0.4, -0.2) is 31.2 Å². The largest absolute Gasteiger partial charge is 0.465 e. The number of esters is 1. The first-order valence-corrected chi connectivity index (χ1v) is 7.18. The van der Waals surface area contributed by atoms with E-state index in [2.05, 4.69) is 36.9 Å². The minimum atomic E-state index is -0.937. The fourth-order valence-corrected chi connectivity index (χ4v) is 2.06. The van der Waals surface area contributed by atoms with Crippen molar-refractivity contribution in [1.82, 2.24) is 0 Å². The fraction of sp³-hybridized carbons (Fsp3) is 0.562. The van der Waals surface area contributed by atoms with Crippen LogP contribution in [0.25, 0.3) is 0 Å². The minimum absolute atomic E-state index is 0.333. The molecular weight excluding hydrogens is 252 g/mol. The first-order valence-electron chi connectivity index (χ1n) is 7.18. The highest BCUT2D eigenvalue weighted by Gasteiger charge is 2.30. The van der Waals surface area contributed by atoms with Gasteiger partial charge in [-0.2, -0.15) is 0 Å². The van der Waals surface area contributed by atoms with Crippen molar-refractivity contribution >= 4 is 11.7 Å². The number of carbonyl (C=O) groups is 1. The number of anilines is 1. The summed E-state index contributed by atoms with van der Waals surface area (Å²) in [5.41, 5.74) is 7.50. The third kappa shape index (κ3) is 4.53. The standard InChI is InChI=1S/C16H26N2O2/c1-5-18(14-9-7-8-13(3)12-14)11-10-16(4,17)15(19)20-6-2/h7-9,12H,5-6,10-11,17H2,1-4H3. The Morgan fingerprint density at radius 2 is 2.10 bits per heavy atom. The monoisotopic (exact) mass is 278 g/mol. The van der Waals surface area contributed by atoms with Crippen molar-refractivity contribution in [3.63, 3.8) is 0 Å². The van der Waals surface area contributed by atoms with Crippen LogP contribution in [-0.2, 0) is 9.53 Å². The van der Waals surface area contributed by atoms with Crippen molar-refractivity contribution in [2.24, 2.45) is 5.73 Å². The van der Waals surface area contributed by atoms with Gasteiger partial charge in [-0.3, -0.25) is 4.79 Å². The number of nitrogens with zero attached hydrogens (tertiary/aromatic N) is 1. The Balaban J connectivity index is 2.68. The Labute approximate surface area is 121 Å². The topological polar surface area (TPSA) is 55.6 Å². The molecule has 0 aromatic heterocycles. The number of ether oxygens (including phenoxy) is 1. The molecule has 0 radical (unpaired) electrons. The lowest BCUT2D eigenvalue weighted by Crippen LogP contribution is -2.48. The summed E-state index contributed by atoms with van der Waals surface area (Å²) in [6, 6.07) is 8.33. The fourth-order valence-electron chi connectivity index (χ4n) is 2.06. The molecule has 4 nitrogen and oxygen atoms in total. The summed E-state index contributed by atoms with van der Waals surface area (Å²) in [6.45, 7) is 9.66. The van der Waals surface area contributed by atoms with E-state index in [4.69, 9.17) is 10.5 Å². The van der Waals surface area contributed by atoms with Gasteiger partial charge in [0.25, 0.3) is 0 Å². The van der Waals surface area contributed by atoms with Gasteiger partial charge in [-0.15, -0.1) is 0 Å². The third-order valence-corrected chi connectivity index (χ3v) is 3.39. The molecular formula is C16H26N2O2. The molecule has 1 aromatic rings. The number of nitrogens with two attached hydrogens (primary N) is 1. The smallest absolute Gasteiger partial charge is 0.325 e. The van der Waals surface area contributed by atoms with Crippen LogP contribution in [0.1, 0.15) is 32.8 Å². The molecule has 1 aromatic carbocycles. The lowest BCUT2D eigenvalue weighted by molar-refractivity contribution is -0.149. The first-order chi connectivity index (χ1) is 9.40. The Kier molecular flexibility index (Phi) is 6.02. The Hall–Kier alpha value is -1.55. The van der Waals surface area contributed by atoms with Crippen molar-refractivity contribution in [3.05, 3.63) is 29.8 Å². The number of carbonyl (C=O) groups excluding carboxylic acids is 1. The zero-order valence-corrected chi connectivity index (χ0v) is 13.0. The number of aryl methyl sites for hydroxylation is 1.